The molecule has 0 amide bonds. The average Bonchev–Trinajstić information content (AvgIpc) is 2.73. The van der Waals surface area contributed by atoms with Crippen LogP contribution in [0.15, 0.2) is 6.20 Å². The van der Waals surface area contributed by atoms with Gasteiger partial charge in [-0.25, -0.2) is 9.78 Å². The first kappa shape index (κ1) is 15.2. The highest BCUT2D eigenvalue weighted by molar-refractivity contribution is 6.04. The van der Waals surface area contributed by atoms with Crippen molar-refractivity contribution in [3.8, 4) is 0 Å². The van der Waals surface area contributed by atoms with Crippen LogP contribution in [0.4, 0.5) is 5.69 Å². The first-order valence-electron chi connectivity index (χ1n) is 6.92. The fraction of sp³-hybridized carbons (Fsp3) is 0.500. The molecule has 7 heteroatoms. The number of aryl methyl sites for hydroxylation is 2. The molecule has 1 atom stereocenters. The Labute approximate surface area is 122 Å². The van der Waals surface area contributed by atoms with E-state index < -0.39 is 5.97 Å². The van der Waals surface area contributed by atoms with Gasteiger partial charge in [-0.2, -0.15) is 5.10 Å². The first-order chi connectivity index (χ1) is 9.99. The summed E-state index contributed by atoms with van der Waals surface area (Å²) in [6.07, 6.45) is 2.68. The standard InChI is InChI=1S/C14H20N4O3/c1-4-9(5-6-19)16-12-10(14(20)21)7-15-13-11(12)8(2)17-18(13)3/h7,9,19H,4-6H2,1-3H3,(H,15,16)(H,20,21). The van der Waals surface area contributed by atoms with Gasteiger partial charge in [-0.3, -0.25) is 4.68 Å². The Bertz CT molecular complexity index is 666. The van der Waals surface area contributed by atoms with Gasteiger partial charge in [-0.1, -0.05) is 6.92 Å². The Kier molecular flexibility index (Phi) is 4.42. The quantitative estimate of drug-likeness (QED) is 0.747. The molecule has 1 unspecified atom stereocenters. The minimum absolute atomic E-state index is 0.00157. The molecule has 2 aromatic rings. The molecule has 0 aliphatic heterocycles. The molecule has 0 aliphatic carbocycles. The van der Waals surface area contributed by atoms with Crippen LogP contribution in [0.5, 0.6) is 0 Å². The lowest BCUT2D eigenvalue weighted by atomic mass is 10.1. The summed E-state index contributed by atoms with van der Waals surface area (Å²) in [6.45, 7) is 3.87. The molecule has 0 spiro atoms. The number of nitrogens with one attached hydrogen (secondary N) is 1. The lowest BCUT2D eigenvalue weighted by Crippen LogP contribution is -2.22. The van der Waals surface area contributed by atoms with E-state index in [0.29, 0.717) is 23.1 Å². The Hall–Kier alpha value is -2.15. The number of pyridine rings is 1. The molecular weight excluding hydrogens is 272 g/mol. The molecule has 21 heavy (non-hydrogen) atoms. The summed E-state index contributed by atoms with van der Waals surface area (Å²) in [6, 6.07) is -0.00157. The van der Waals surface area contributed by atoms with Crippen molar-refractivity contribution in [3.63, 3.8) is 0 Å². The third kappa shape index (κ3) is 2.82. The van der Waals surface area contributed by atoms with Crippen molar-refractivity contribution in [3.05, 3.63) is 17.5 Å². The van der Waals surface area contributed by atoms with Crippen LogP contribution in [0.25, 0.3) is 11.0 Å². The predicted molar refractivity (Wildman–Crippen MR) is 79.6 cm³/mol. The van der Waals surface area contributed by atoms with Crippen molar-refractivity contribution < 1.29 is 15.0 Å². The van der Waals surface area contributed by atoms with Gasteiger partial charge >= 0.3 is 5.97 Å². The lowest BCUT2D eigenvalue weighted by molar-refractivity contribution is 0.0697. The van der Waals surface area contributed by atoms with Gasteiger partial charge in [0.1, 0.15) is 5.56 Å². The molecular formula is C14H20N4O3. The van der Waals surface area contributed by atoms with Crippen LogP contribution in [0.2, 0.25) is 0 Å². The van der Waals surface area contributed by atoms with E-state index in [1.54, 1.807) is 11.7 Å². The minimum Gasteiger partial charge on any atom is -0.478 e. The van der Waals surface area contributed by atoms with Gasteiger partial charge in [-0.15, -0.1) is 0 Å². The van der Waals surface area contributed by atoms with E-state index in [1.165, 1.54) is 6.20 Å². The second-order valence-corrected chi connectivity index (χ2v) is 5.02. The Morgan fingerprint density at radius 3 is 2.81 bits per heavy atom. The summed E-state index contributed by atoms with van der Waals surface area (Å²) >= 11 is 0. The van der Waals surface area contributed by atoms with Crippen LogP contribution < -0.4 is 5.32 Å². The SMILES string of the molecule is CCC(CCO)Nc1c(C(=O)O)cnc2c1c(C)nn2C. The van der Waals surface area contributed by atoms with Crippen molar-refractivity contribution in [2.75, 3.05) is 11.9 Å². The molecule has 0 bridgehead atoms. The van der Waals surface area contributed by atoms with Gasteiger partial charge < -0.3 is 15.5 Å². The molecule has 0 saturated heterocycles. The van der Waals surface area contributed by atoms with Crippen molar-refractivity contribution >= 4 is 22.7 Å². The number of nitrogens with zero attached hydrogens (tertiary/aromatic N) is 3. The summed E-state index contributed by atoms with van der Waals surface area (Å²) < 4.78 is 1.63. The van der Waals surface area contributed by atoms with Crippen molar-refractivity contribution in [1.29, 1.82) is 0 Å². The van der Waals surface area contributed by atoms with Crippen LogP contribution >= 0.6 is 0 Å². The molecule has 0 aliphatic rings. The first-order valence-corrected chi connectivity index (χ1v) is 6.92. The van der Waals surface area contributed by atoms with E-state index in [9.17, 15) is 9.90 Å². The van der Waals surface area contributed by atoms with Crippen LogP contribution in [-0.4, -0.2) is 43.6 Å². The number of carboxylic acid groups (broad SMARTS) is 1. The molecule has 114 valence electrons. The van der Waals surface area contributed by atoms with Gasteiger partial charge in [0.05, 0.1) is 16.8 Å². The monoisotopic (exact) mass is 292 g/mol. The summed E-state index contributed by atoms with van der Waals surface area (Å²) in [4.78, 5) is 15.6. The van der Waals surface area contributed by atoms with Gasteiger partial charge in [-0.05, 0) is 19.8 Å². The molecule has 0 aromatic carbocycles. The maximum absolute atomic E-state index is 11.5. The normalized spacial score (nSPS) is 12.6. The maximum Gasteiger partial charge on any atom is 0.339 e. The van der Waals surface area contributed by atoms with Crippen LogP contribution in [0, 0.1) is 6.92 Å². The fourth-order valence-electron chi connectivity index (χ4n) is 2.46. The number of anilines is 1. The molecule has 0 saturated carbocycles. The summed E-state index contributed by atoms with van der Waals surface area (Å²) in [5.74, 6) is -1.03. The van der Waals surface area contributed by atoms with Crippen LogP contribution in [-0.2, 0) is 7.05 Å². The van der Waals surface area contributed by atoms with E-state index >= 15 is 0 Å². The number of aliphatic hydroxyl groups is 1. The molecule has 2 aromatic heterocycles. The van der Waals surface area contributed by atoms with Crippen LogP contribution in [0.1, 0.15) is 35.8 Å². The Morgan fingerprint density at radius 1 is 1.52 bits per heavy atom. The largest absolute Gasteiger partial charge is 0.478 e. The summed E-state index contributed by atoms with van der Waals surface area (Å²) in [5, 5.41) is 26.8. The van der Waals surface area contributed by atoms with E-state index in [0.717, 1.165) is 12.1 Å². The number of aromatic carboxylic acids is 1. The van der Waals surface area contributed by atoms with E-state index in [2.05, 4.69) is 15.4 Å². The second-order valence-electron chi connectivity index (χ2n) is 5.02. The number of rotatable bonds is 6. The zero-order valence-corrected chi connectivity index (χ0v) is 12.4. The maximum atomic E-state index is 11.5. The Morgan fingerprint density at radius 2 is 2.24 bits per heavy atom. The lowest BCUT2D eigenvalue weighted by Gasteiger charge is -2.19. The third-order valence-corrected chi connectivity index (χ3v) is 3.58. The number of carboxylic acids is 1. The van der Waals surface area contributed by atoms with E-state index in [4.69, 9.17) is 5.11 Å². The van der Waals surface area contributed by atoms with Gasteiger partial charge in [0.2, 0.25) is 0 Å². The van der Waals surface area contributed by atoms with Crippen molar-refractivity contribution in [1.82, 2.24) is 14.8 Å². The fourth-order valence-corrected chi connectivity index (χ4v) is 2.46. The minimum atomic E-state index is -1.03. The number of hydrogen-bond donors (Lipinski definition) is 3. The molecule has 0 radical (unpaired) electrons. The van der Waals surface area contributed by atoms with E-state index in [-0.39, 0.29) is 18.2 Å². The molecule has 0 fully saturated rings. The average molecular weight is 292 g/mol. The summed E-state index contributed by atoms with van der Waals surface area (Å²) in [5.41, 5.74) is 2.01. The van der Waals surface area contributed by atoms with Gasteiger partial charge in [0, 0.05) is 25.9 Å². The number of aromatic nitrogens is 3. The van der Waals surface area contributed by atoms with Gasteiger partial charge in [0.15, 0.2) is 5.65 Å². The van der Waals surface area contributed by atoms with Crippen LogP contribution in [0.3, 0.4) is 0 Å². The summed E-state index contributed by atoms with van der Waals surface area (Å²) in [7, 11) is 1.78. The highest BCUT2D eigenvalue weighted by Crippen LogP contribution is 2.29. The highest BCUT2D eigenvalue weighted by atomic mass is 16.4. The third-order valence-electron chi connectivity index (χ3n) is 3.58. The highest BCUT2D eigenvalue weighted by Gasteiger charge is 2.21. The predicted octanol–water partition coefficient (Wildman–Crippen LogP) is 1.55. The van der Waals surface area contributed by atoms with E-state index in [1.807, 2.05) is 13.8 Å². The zero-order chi connectivity index (χ0) is 15.6. The molecule has 2 heterocycles. The number of carbonyl (C=O) groups is 1. The number of hydrogen-bond acceptors (Lipinski definition) is 5. The smallest absolute Gasteiger partial charge is 0.339 e. The Balaban J connectivity index is 2.61. The molecule has 3 N–H and O–H groups in total. The van der Waals surface area contributed by atoms with Crippen molar-refractivity contribution in [2.24, 2.45) is 7.05 Å². The zero-order valence-electron chi connectivity index (χ0n) is 12.4. The number of aliphatic hydroxyl groups excluding tert-OH is 1. The van der Waals surface area contributed by atoms with Crippen molar-refractivity contribution in [2.45, 2.75) is 32.7 Å². The molecule has 2 rings (SSSR count). The van der Waals surface area contributed by atoms with Gasteiger partial charge in [0.25, 0.3) is 0 Å². The molecule has 7 nitrogen and oxygen atoms in total. The second kappa shape index (κ2) is 6.09. The topological polar surface area (TPSA) is 100 Å². The number of fused-ring (bicyclic) bond motifs is 1.